The fourth-order valence-corrected chi connectivity index (χ4v) is 3.20. The SMILES string of the molecule is CC(=O)Nc1ccc(NC(=O)c2ccc(C(=O)N3CCC(C)CC3)cc2)cc1. The van der Waals surface area contributed by atoms with E-state index >= 15 is 0 Å². The van der Waals surface area contributed by atoms with Gasteiger partial charge in [-0.25, -0.2) is 0 Å². The molecule has 3 rings (SSSR count). The van der Waals surface area contributed by atoms with Gasteiger partial charge in [-0.15, -0.1) is 0 Å². The lowest BCUT2D eigenvalue weighted by molar-refractivity contribution is -0.114. The van der Waals surface area contributed by atoms with Gasteiger partial charge < -0.3 is 15.5 Å². The highest BCUT2D eigenvalue weighted by molar-refractivity contribution is 6.05. The molecule has 1 heterocycles. The molecule has 146 valence electrons. The number of piperidine rings is 1. The van der Waals surface area contributed by atoms with Gasteiger partial charge in [0, 0.05) is 42.5 Å². The largest absolute Gasteiger partial charge is 0.339 e. The Hall–Kier alpha value is -3.15. The molecule has 0 atom stereocenters. The van der Waals surface area contributed by atoms with E-state index in [1.807, 2.05) is 4.90 Å². The van der Waals surface area contributed by atoms with Crippen molar-refractivity contribution in [2.24, 2.45) is 5.92 Å². The van der Waals surface area contributed by atoms with E-state index in [1.165, 1.54) is 6.92 Å². The molecule has 0 spiro atoms. The second kappa shape index (κ2) is 8.69. The zero-order valence-electron chi connectivity index (χ0n) is 16.2. The van der Waals surface area contributed by atoms with Crippen LogP contribution in [-0.4, -0.2) is 35.7 Å². The summed E-state index contributed by atoms with van der Waals surface area (Å²) in [5, 5.41) is 5.48. The highest BCUT2D eigenvalue weighted by Crippen LogP contribution is 2.19. The lowest BCUT2D eigenvalue weighted by atomic mass is 9.98. The number of benzene rings is 2. The van der Waals surface area contributed by atoms with Gasteiger partial charge >= 0.3 is 0 Å². The van der Waals surface area contributed by atoms with Crippen molar-refractivity contribution in [3.05, 3.63) is 59.7 Å². The third-order valence-corrected chi connectivity index (χ3v) is 4.93. The first-order valence-electron chi connectivity index (χ1n) is 9.51. The van der Waals surface area contributed by atoms with E-state index in [-0.39, 0.29) is 17.7 Å². The van der Waals surface area contributed by atoms with Gasteiger partial charge in [0.2, 0.25) is 5.91 Å². The summed E-state index contributed by atoms with van der Waals surface area (Å²) in [5.74, 6) is 0.290. The summed E-state index contributed by atoms with van der Waals surface area (Å²) < 4.78 is 0. The molecule has 2 aromatic carbocycles. The number of hydrogen-bond acceptors (Lipinski definition) is 3. The van der Waals surface area contributed by atoms with Crippen LogP contribution in [0.1, 0.15) is 47.4 Å². The van der Waals surface area contributed by atoms with Crippen molar-refractivity contribution in [2.45, 2.75) is 26.7 Å². The molecule has 28 heavy (non-hydrogen) atoms. The van der Waals surface area contributed by atoms with Crippen LogP contribution in [0.5, 0.6) is 0 Å². The van der Waals surface area contributed by atoms with Crippen molar-refractivity contribution in [2.75, 3.05) is 23.7 Å². The summed E-state index contributed by atoms with van der Waals surface area (Å²) in [6.07, 6.45) is 2.07. The van der Waals surface area contributed by atoms with Crippen molar-refractivity contribution < 1.29 is 14.4 Å². The number of rotatable bonds is 4. The molecule has 1 aliphatic heterocycles. The van der Waals surface area contributed by atoms with Crippen LogP contribution in [0.4, 0.5) is 11.4 Å². The molecule has 0 saturated carbocycles. The summed E-state index contributed by atoms with van der Waals surface area (Å²) in [6.45, 7) is 5.23. The van der Waals surface area contributed by atoms with E-state index in [4.69, 9.17) is 0 Å². The summed E-state index contributed by atoms with van der Waals surface area (Å²) in [6, 6.07) is 13.6. The zero-order valence-corrected chi connectivity index (χ0v) is 16.2. The van der Waals surface area contributed by atoms with Gasteiger partial charge in [0.1, 0.15) is 0 Å². The first-order valence-corrected chi connectivity index (χ1v) is 9.51. The lowest BCUT2D eigenvalue weighted by Gasteiger charge is -2.30. The van der Waals surface area contributed by atoms with Gasteiger partial charge in [-0.05, 0) is 67.3 Å². The van der Waals surface area contributed by atoms with Gasteiger partial charge in [0.05, 0.1) is 0 Å². The molecule has 0 unspecified atom stereocenters. The third-order valence-electron chi connectivity index (χ3n) is 4.93. The van der Waals surface area contributed by atoms with Crippen LogP contribution in [0.3, 0.4) is 0 Å². The Morgan fingerprint density at radius 2 is 1.32 bits per heavy atom. The first kappa shape index (κ1) is 19.6. The Balaban J connectivity index is 1.60. The number of nitrogens with one attached hydrogen (secondary N) is 2. The molecule has 1 aliphatic rings. The minimum Gasteiger partial charge on any atom is -0.339 e. The van der Waals surface area contributed by atoms with Gasteiger partial charge in [-0.2, -0.15) is 0 Å². The summed E-state index contributed by atoms with van der Waals surface area (Å²) in [7, 11) is 0. The van der Waals surface area contributed by atoms with E-state index in [0.717, 1.165) is 25.9 Å². The maximum absolute atomic E-state index is 12.6. The van der Waals surface area contributed by atoms with Gasteiger partial charge in [-0.3, -0.25) is 14.4 Å². The molecule has 0 bridgehead atoms. The molecule has 2 N–H and O–H groups in total. The van der Waals surface area contributed by atoms with Crippen LogP contribution in [0.15, 0.2) is 48.5 Å². The molecular weight excluding hydrogens is 354 g/mol. The van der Waals surface area contributed by atoms with E-state index in [0.29, 0.717) is 28.4 Å². The Morgan fingerprint density at radius 3 is 1.86 bits per heavy atom. The minimum atomic E-state index is -0.252. The highest BCUT2D eigenvalue weighted by atomic mass is 16.2. The molecule has 0 aliphatic carbocycles. The van der Waals surface area contributed by atoms with Crippen LogP contribution in [0.2, 0.25) is 0 Å². The molecule has 0 radical (unpaired) electrons. The predicted molar refractivity (Wildman–Crippen MR) is 109 cm³/mol. The average molecular weight is 379 g/mol. The number of amides is 3. The Bertz CT molecular complexity index is 852. The standard InChI is InChI=1S/C22H25N3O3/c1-15-11-13-25(14-12-15)22(28)18-5-3-17(4-6-18)21(27)24-20-9-7-19(8-10-20)23-16(2)26/h3-10,15H,11-14H2,1-2H3,(H,23,26)(H,24,27). The van der Waals surface area contributed by atoms with Crippen molar-refractivity contribution >= 4 is 29.1 Å². The molecule has 1 fully saturated rings. The molecule has 2 aromatic rings. The van der Waals surface area contributed by atoms with Gasteiger partial charge in [-0.1, -0.05) is 6.92 Å². The van der Waals surface area contributed by atoms with E-state index in [2.05, 4.69) is 17.6 Å². The molecule has 0 aromatic heterocycles. The van der Waals surface area contributed by atoms with Gasteiger partial charge in [0.15, 0.2) is 0 Å². The smallest absolute Gasteiger partial charge is 0.255 e. The normalized spacial score (nSPS) is 14.4. The second-order valence-corrected chi connectivity index (χ2v) is 7.26. The topological polar surface area (TPSA) is 78.5 Å². The van der Waals surface area contributed by atoms with Crippen LogP contribution < -0.4 is 10.6 Å². The van der Waals surface area contributed by atoms with Crippen molar-refractivity contribution in [1.82, 2.24) is 4.90 Å². The number of hydrogen-bond donors (Lipinski definition) is 2. The molecule has 1 saturated heterocycles. The Morgan fingerprint density at radius 1 is 0.821 bits per heavy atom. The first-order chi connectivity index (χ1) is 13.4. The minimum absolute atomic E-state index is 0.0208. The Labute approximate surface area is 164 Å². The van der Waals surface area contributed by atoms with Crippen LogP contribution in [0, 0.1) is 5.92 Å². The van der Waals surface area contributed by atoms with Gasteiger partial charge in [0.25, 0.3) is 11.8 Å². The molecule has 6 nitrogen and oxygen atoms in total. The number of nitrogens with zero attached hydrogens (tertiary/aromatic N) is 1. The monoisotopic (exact) mass is 379 g/mol. The number of likely N-dealkylation sites (tertiary alicyclic amines) is 1. The van der Waals surface area contributed by atoms with Crippen molar-refractivity contribution in [1.29, 1.82) is 0 Å². The Kier molecular flexibility index (Phi) is 6.09. The number of carbonyl (C=O) groups is 3. The average Bonchev–Trinajstić information content (AvgIpc) is 2.69. The van der Waals surface area contributed by atoms with Crippen LogP contribution >= 0.6 is 0 Å². The number of anilines is 2. The maximum Gasteiger partial charge on any atom is 0.255 e. The summed E-state index contributed by atoms with van der Waals surface area (Å²) >= 11 is 0. The van der Waals surface area contributed by atoms with Crippen molar-refractivity contribution in [3.8, 4) is 0 Å². The molecule has 3 amide bonds. The van der Waals surface area contributed by atoms with Crippen LogP contribution in [0.25, 0.3) is 0 Å². The lowest BCUT2D eigenvalue weighted by Crippen LogP contribution is -2.37. The summed E-state index contributed by atoms with van der Waals surface area (Å²) in [4.78, 5) is 37.9. The van der Waals surface area contributed by atoms with Crippen molar-refractivity contribution in [3.63, 3.8) is 0 Å². The number of carbonyl (C=O) groups excluding carboxylic acids is 3. The molecule has 6 heteroatoms. The third kappa shape index (κ3) is 4.97. The fourth-order valence-electron chi connectivity index (χ4n) is 3.20. The van der Waals surface area contributed by atoms with E-state index in [9.17, 15) is 14.4 Å². The van der Waals surface area contributed by atoms with Crippen LogP contribution in [-0.2, 0) is 4.79 Å². The second-order valence-electron chi connectivity index (χ2n) is 7.26. The summed E-state index contributed by atoms with van der Waals surface area (Å²) in [5.41, 5.74) is 2.38. The molecular formula is C22H25N3O3. The zero-order chi connectivity index (χ0) is 20.1. The fraction of sp³-hybridized carbons (Fsp3) is 0.318. The van der Waals surface area contributed by atoms with E-state index in [1.54, 1.807) is 48.5 Å². The quantitative estimate of drug-likeness (QED) is 0.849. The van der Waals surface area contributed by atoms with E-state index < -0.39 is 0 Å². The maximum atomic E-state index is 12.6. The predicted octanol–water partition coefficient (Wildman–Crippen LogP) is 3.77. The highest BCUT2D eigenvalue weighted by Gasteiger charge is 2.21.